The Morgan fingerprint density at radius 1 is 1.88 bits per heavy atom. The van der Waals surface area contributed by atoms with Crippen LogP contribution in [0.5, 0.6) is 0 Å². The molecule has 0 aromatic heterocycles. The van der Waals surface area contributed by atoms with E-state index in [0.717, 1.165) is 3.72 Å². The molecule has 0 bridgehead atoms. The number of aliphatic imine (C=N–C) groups is 1. The molecule has 0 unspecified atom stereocenters. The molecule has 0 aliphatic carbocycles. The number of ketones is 1. The van der Waals surface area contributed by atoms with E-state index in [9.17, 15) is 4.79 Å². The minimum atomic E-state index is -0.144. The van der Waals surface area contributed by atoms with E-state index in [1.807, 2.05) is 4.08 Å². The van der Waals surface area contributed by atoms with Crippen LogP contribution in [-0.2, 0) is 4.79 Å². The molecule has 1 aliphatic rings. The van der Waals surface area contributed by atoms with E-state index in [2.05, 4.69) is 4.99 Å². The standard InChI is InChI=1S/C5H5INO/c1-4(8)5-6-2-3-7-5/h2-3H,1H3/q-1. The van der Waals surface area contributed by atoms with Gasteiger partial charge in [-0.15, -0.1) is 0 Å². The molecule has 0 saturated heterocycles. The Balaban J connectivity index is 2.64. The Morgan fingerprint density at radius 3 is 2.88 bits per heavy atom. The van der Waals surface area contributed by atoms with Gasteiger partial charge in [0.25, 0.3) is 0 Å². The third-order valence-corrected chi connectivity index (χ3v) is 3.01. The summed E-state index contributed by atoms with van der Waals surface area (Å²) in [5, 5.41) is 0. The molecule has 0 saturated carbocycles. The summed E-state index contributed by atoms with van der Waals surface area (Å²) in [4.78, 5) is 14.4. The van der Waals surface area contributed by atoms with Crippen LogP contribution in [0.3, 0.4) is 0 Å². The van der Waals surface area contributed by atoms with E-state index < -0.39 is 0 Å². The molecule has 1 rings (SSSR count). The fraction of sp³-hybridized carbons (Fsp3) is 0.200. The van der Waals surface area contributed by atoms with Crippen LogP contribution in [-0.4, -0.2) is 9.50 Å². The van der Waals surface area contributed by atoms with Crippen molar-refractivity contribution in [2.75, 3.05) is 0 Å². The average molecular weight is 222 g/mol. The van der Waals surface area contributed by atoms with Crippen molar-refractivity contribution in [3.63, 3.8) is 0 Å². The molecule has 44 valence electrons. The number of nitrogens with zero attached hydrogens (tertiary/aromatic N) is 1. The monoisotopic (exact) mass is 222 g/mol. The van der Waals surface area contributed by atoms with Gasteiger partial charge in [-0.05, 0) is 0 Å². The van der Waals surface area contributed by atoms with Crippen LogP contribution >= 0.6 is 0 Å². The number of Topliss-reactive ketones (excluding diaryl/α,β-unsaturated/α-hetero) is 1. The molecular formula is C5H5INO-. The van der Waals surface area contributed by atoms with Crippen molar-refractivity contribution in [1.82, 2.24) is 0 Å². The van der Waals surface area contributed by atoms with Gasteiger partial charge >= 0.3 is 57.7 Å². The maximum atomic E-state index is 10.5. The molecule has 0 aromatic carbocycles. The van der Waals surface area contributed by atoms with E-state index in [1.54, 1.807) is 13.1 Å². The summed E-state index contributed by atoms with van der Waals surface area (Å²) >= 11 is -0.144. The number of hydrogen-bond acceptors (Lipinski definition) is 2. The minimum absolute atomic E-state index is 0.128. The summed E-state index contributed by atoms with van der Waals surface area (Å²) in [6.45, 7) is 1.56. The van der Waals surface area contributed by atoms with Gasteiger partial charge in [0.05, 0.1) is 0 Å². The van der Waals surface area contributed by atoms with Gasteiger partial charge in [0.1, 0.15) is 0 Å². The fourth-order valence-corrected chi connectivity index (χ4v) is 1.80. The second kappa shape index (κ2) is 2.39. The average Bonchev–Trinajstić information content (AvgIpc) is 2.12. The molecule has 0 N–H and O–H groups in total. The number of carbonyl (C=O) groups excluding carboxylic acids is 1. The van der Waals surface area contributed by atoms with Crippen LogP contribution in [0.15, 0.2) is 15.3 Å². The first kappa shape index (κ1) is 5.94. The van der Waals surface area contributed by atoms with E-state index in [1.165, 1.54) is 0 Å². The molecule has 0 aromatic rings. The van der Waals surface area contributed by atoms with E-state index in [4.69, 9.17) is 0 Å². The molecule has 0 radical (unpaired) electrons. The zero-order chi connectivity index (χ0) is 5.98. The first-order chi connectivity index (χ1) is 3.80. The Labute approximate surface area is 57.9 Å². The molecule has 3 heteroatoms. The third kappa shape index (κ3) is 1.15. The van der Waals surface area contributed by atoms with Crippen LogP contribution in [0, 0.1) is 0 Å². The Bertz CT molecular complexity index is 171. The van der Waals surface area contributed by atoms with Gasteiger partial charge in [-0.2, -0.15) is 0 Å². The zero-order valence-electron chi connectivity index (χ0n) is 4.39. The molecule has 0 fully saturated rings. The Hall–Kier alpha value is -0.190. The zero-order valence-corrected chi connectivity index (χ0v) is 6.55. The predicted octanol–water partition coefficient (Wildman–Crippen LogP) is -2.45. The summed E-state index contributed by atoms with van der Waals surface area (Å²) in [6, 6.07) is 0. The summed E-state index contributed by atoms with van der Waals surface area (Å²) in [5.41, 5.74) is 0. The van der Waals surface area contributed by atoms with Gasteiger partial charge < -0.3 is 0 Å². The van der Waals surface area contributed by atoms with Crippen LogP contribution < -0.4 is 21.2 Å². The van der Waals surface area contributed by atoms with Crippen LogP contribution in [0.2, 0.25) is 0 Å². The Kier molecular flexibility index (Phi) is 1.77. The van der Waals surface area contributed by atoms with Crippen molar-refractivity contribution in [2.24, 2.45) is 4.99 Å². The van der Waals surface area contributed by atoms with E-state index in [0.29, 0.717) is 0 Å². The summed E-state index contributed by atoms with van der Waals surface area (Å²) in [5.74, 6) is 0.128. The molecule has 0 amide bonds. The molecule has 1 heterocycles. The van der Waals surface area contributed by atoms with Crippen LogP contribution in [0.1, 0.15) is 6.92 Å². The van der Waals surface area contributed by atoms with Crippen LogP contribution in [0.25, 0.3) is 0 Å². The van der Waals surface area contributed by atoms with Crippen molar-refractivity contribution < 1.29 is 26.0 Å². The molecule has 8 heavy (non-hydrogen) atoms. The van der Waals surface area contributed by atoms with Crippen molar-refractivity contribution in [2.45, 2.75) is 6.92 Å². The molecular weight excluding hydrogens is 217 g/mol. The van der Waals surface area contributed by atoms with Crippen molar-refractivity contribution >= 4 is 9.50 Å². The van der Waals surface area contributed by atoms with Crippen LogP contribution in [0.4, 0.5) is 0 Å². The van der Waals surface area contributed by atoms with Gasteiger partial charge in [0.15, 0.2) is 0 Å². The second-order valence-corrected chi connectivity index (χ2v) is 3.72. The molecule has 1 aliphatic heterocycles. The van der Waals surface area contributed by atoms with E-state index >= 15 is 0 Å². The quantitative estimate of drug-likeness (QED) is 0.453. The van der Waals surface area contributed by atoms with Crippen molar-refractivity contribution in [3.8, 4) is 0 Å². The molecule has 0 atom stereocenters. The SMILES string of the molecule is CC(=O)C1=NC=C[I-]1. The van der Waals surface area contributed by atoms with Gasteiger partial charge in [-0.3, -0.25) is 0 Å². The van der Waals surface area contributed by atoms with Crippen molar-refractivity contribution in [1.29, 1.82) is 0 Å². The van der Waals surface area contributed by atoms with E-state index in [-0.39, 0.29) is 27.0 Å². The number of halogens is 1. The molecule has 2 nitrogen and oxygen atoms in total. The first-order valence-electron chi connectivity index (χ1n) is 2.18. The van der Waals surface area contributed by atoms with Gasteiger partial charge in [0.2, 0.25) is 0 Å². The normalized spacial score (nSPS) is 17.4. The third-order valence-electron chi connectivity index (χ3n) is 0.701. The summed E-state index contributed by atoms with van der Waals surface area (Å²) < 4.78 is 2.76. The topological polar surface area (TPSA) is 29.4 Å². The Morgan fingerprint density at radius 2 is 2.62 bits per heavy atom. The predicted molar refractivity (Wildman–Crippen MR) is 27.3 cm³/mol. The maximum absolute atomic E-state index is 10.5. The fourth-order valence-electron chi connectivity index (χ4n) is 0.377. The number of hydrogen-bond donors (Lipinski definition) is 0. The second-order valence-electron chi connectivity index (χ2n) is 1.36. The van der Waals surface area contributed by atoms with Gasteiger partial charge in [-0.1, -0.05) is 0 Å². The summed E-state index contributed by atoms with van der Waals surface area (Å²) in [7, 11) is 0. The number of rotatable bonds is 1. The van der Waals surface area contributed by atoms with Gasteiger partial charge in [-0.25, -0.2) is 0 Å². The first-order valence-corrected chi connectivity index (χ1v) is 4.50. The summed E-state index contributed by atoms with van der Waals surface area (Å²) in [6.07, 6.45) is 1.71. The van der Waals surface area contributed by atoms with Gasteiger partial charge in [0, 0.05) is 0 Å². The molecule has 0 spiro atoms. The van der Waals surface area contributed by atoms with Crippen molar-refractivity contribution in [3.05, 3.63) is 10.3 Å². The number of carbonyl (C=O) groups is 1.